The van der Waals surface area contributed by atoms with Gasteiger partial charge >= 0.3 is 0 Å². The van der Waals surface area contributed by atoms with E-state index in [9.17, 15) is 8.42 Å². The van der Waals surface area contributed by atoms with Gasteiger partial charge in [-0.25, -0.2) is 0 Å². The van der Waals surface area contributed by atoms with Gasteiger partial charge < -0.3 is 4.90 Å². The van der Waals surface area contributed by atoms with Crippen LogP contribution in [0.3, 0.4) is 0 Å². The van der Waals surface area contributed by atoms with Crippen LogP contribution < -0.4 is 0 Å². The quantitative estimate of drug-likeness (QED) is 0.798. The molecular weight excluding hydrogens is 274 g/mol. The monoisotopic (exact) mass is 295 g/mol. The van der Waals surface area contributed by atoms with Gasteiger partial charge in [0.2, 0.25) is 0 Å². The van der Waals surface area contributed by atoms with Crippen molar-refractivity contribution >= 4 is 10.1 Å². The molecule has 0 saturated carbocycles. The van der Waals surface area contributed by atoms with Crippen LogP contribution in [0.2, 0.25) is 0 Å². The van der Waals surface area contributed by atoms with Crippen molar-refractivity contribution in [3.05, 3.63) is 29.8 Å². The molecule has 0 aromatic heterocycles. The Morgan fingerprint density at radius 1 is 1.20 bits per heavy atom. The van der Waals surface area contributed by atoms with Gasteiger partial charge in [0.1, 0.15) is 0 Å². The Bertz CT molecular complexity index is 559. The Morgan fingerprint density at radius 2 is 1.85 bits per heavy atom. The Hall–Kier alpha value is -0.910. The molecule has 3 saturated heterocycles. The maximum absolute atomic E-state index is 12.2. The smallest absolute Gasteiger partial charge is 0.296 e. The SMILES string of the molecule is Cc1ccc(S(=O)(=O)OCC2CN3CCC2CC3)cc1. The zero-order valence-electron chi connectivity index (χ0n) is 11.8. The van der Waals surface area contributed by atoms with Crippen molar-refractivity contribution in [3.8, 4) is 0 Å². The Labute approximate surface area is 120 Å². The second kappa shape index (κ2) is 5.47. The summed E-state index contributed by atoms with van der Waals surface area (Å²) >= 11 is 0. The first-order valence-electron chi connectivity index (χ1n) is 7.23. The molecule has 4 rings (SSSR count). The summed E-state index contributed by atoms with van der Waals surface area (Å²) in [5, 5.41) is 0. The molecule has 3 aliphatic rings. The Balaban J connectivity index is 1.64. The fourth-order valence-corrected chi connectivity index (χ4v) is 4.19. The predicted octanol–water partition coefficient (Wildman–Crippen LogP) is 2.04. The average Bonchev–Trinajstić information content (AvgIpc) is 2.47. The Morgan fingerprint density at radius 3 is 2.40 bits per heavy atom. The molecule has 0 radical (unpaired) electrons. The van der Waals surface area contributed by atoms with Gasteiger partial charge in [-0.3, -0.25) is 4.18 Å². The van der Waals surface area contributed by atoms with Gasteiger partial charge in [0.15, 0.2) is 0 Å². The highest BCUT2D eigenvalue weighted by Gasteiger charge is 2.35. The van der Waals surface area contributed by atoms with Crippen molar-refractivity contribution < 1.29 is 12.6 Å². The zero-order chi connectivity index (χ0) is 14.2. The standard InChI is InChI=1S/C15H21NO3S/c1-12-2-4-15(5-3-12)20(17,18)19-11-14-10-16-8-6-13(14)7-9-16/h2-5,13-14H,6-11H2,1H3. The molecule has 0 aliphatic carbocycles. The molecule has 3 fully saturated rings. The second-order valence-electron chi connectivity index (χ2n) is 5.95. The number of hydrogen-bond acceptors (Lipinski definition) is 4. The van der Waals surface area contributed by atoms with E-state index in [0.717, 1.165) is 25.2 Å². The van der Waals surface area contributed by atoms with Crippen LogP contribution in [0, 0.1) is 18.8 Å². The van der Waals surface area contributed by atoms with Gasteiger partial charge in [-0.1, -0.05) is 17.7 Å². The molecule has 110 valence electrons. The summed E-state index contributed by atoms with van der Waals surface area (Å²) in [4.78, 5) is 2.66. The predicted molar refractivity (Wildman–Crippen MR) is 77.0 cm³/mol. The molecule has 2 bridgehead atoms. The molecule has 1 aromatic carbocycles. The molecule has 0 spiro atoms. The van der Waals surface area contributed by atoms with Gasteiger partial charge in [0, 0.05) is 6.54 Å². The van der Waals surface area contributed by atoms with E-state index < -0.39 is 10.1 Å². The number of hydrogen-bond donors (Lipinski definition) is 0. The number of nitrogens with zero attached hydrogens (tertiary/aromatic N) is 1. The third kappa shape index (κ3) is 2.90. The van der Waals surface area contributed by atoms with Gasteiger partial charge in [-0.05, 0) is 56.8 Å². The summed E-state index contributed by atoms with van der Waals surface area (Å²) in [6.45, 7) is 5.55. The highest BCUT2D eigenvalue weighted by Crippen LogP contribution is 2.32. The van der Waals surface area contributed by atoms with Gasteiger partial charge in [-0.15, -0.1) is 0 Å². The largest absolute Gasteiger partial charge is 0.303 e. The van der Waals surface area contributed by atoms with E-state index in [1.54, 1.807) is 24.3 Å². The highest BCUT2D eigenvalue weighted by atomic mass is 32.2. The van der Waals surface area contributed by atoms with Crippen molar-refractivity contribution in [3.63, 3.8) is 0 Å². The molecule has 3 heterocycles. The van der Waals surface area contributed by atoms with E-state index in [1.807, 2.05) is 6.92 Å². The minimum atomic E-state index is -3.61. The molecule has 20 heavy (non-hydrogen) atoms. The summed E-state index contributed by atoms with van der Waals surface area (Å²) < 4.78 is 29.6. The molecule has 1 unspecified atom stereocenters. The fraction of sp³-hybridized carbons (Fsp3) is 0.600. The van der Waals surface area contributed by atoms with Gasteiger partial charge in [-0.2, -0.15) is 8.42 Å². The lowest BCUT2D eigenvalue weighted by Crippen LogP contribution is -2.48. The lowest BCUT2D eigenvalue weighted by molar-refractivity contribution is 0.0271. The molecule has 0 N–H and O–H groups in total. The molecular formula is C15H21NO3S. The number of aryl methyl sites for hydroxylation is 1. The highest BCUT2D eigenvalue weighted by molar-refractivity contribution is 7.86. The lowest BCUT2D eigenvalue weighted by atomic mass is 9.80. The topological polar surface area (TPSA) is 46.6 Å². The van der Waals surface area contributed by atoms with Crippen LogP contribution in [0.15, 0.2) is 29.2 Å². The minimum absolute atomic E-state index is 0.254. The minimum Gasteiger partial charge on any atom is -0.303 e. The summed E-state index contributed by atoms with van der Waals surface area (Å²) in [7, 11) is -3.61. The normalized spacial score (nSPS) is 29.6. The fourth-order valence-electron chi connectivity index (χ4n) is 3.23. The second-order valence-corrected chi connectivity index (χ2v) is 7.57. The molecule has 3 aliphatic heterocycles. The third-order valence-electron chi connectivity index (χ3n) is 4.54. The summed E-state index contributed by atoms with van der Waals surface area (Å²) in [6, 6.07) is 6.82. The number of rotatable bonds is 4. The van der Waals surface area contributed by atoms with Crippen LogP contribution in [0.1, 0.15) is 18.4 Å². The Kier molecular flexibility index (Phi) is 3.84. The third-order valence-corrected chi connectivity index (χ3v) is 5.83. The van der Waals surface area contributed by atoms with E-state index in [4.69, 9.17) is 4.18 Å². The molecule has 0 amide bonds. The zero-order valence-corrected chi connectivity index (χ0v) is 12.6. The van der Waals surface area contributed by atoms with E-state index in [2.05, 4.69) is 4.90 Å². The maximum Gasteiger partial charge on any atom is 0.296 e. The van der Waals surface area contributed by atoms with Crippen LogP contribution in [0.4, 0.5) is 0 Å². The molecule has 1 aromatic rings. The van der Waals surface area contributed by atoms with Crippen molar-refractivity contribution in [1.29, 1.82) is 0 Å². The van der Waals surface area contributed by atoms with E-state index >= 15 is 0 Å². The summed E-state index contributed by atoms with van der Waals surface area (Å²) in [5.41, 5.74) is 1.04. The number of fused-ring (bicyclic) bond motifs is 3. The molecule has 1 atom stereocenters. The maximum atomic E-state index is 12.2. The van der Waals surface area contributed by atoms with Crippen LogP contribution in [-0.4, -0.2) is 39.6 Å². The average molecular weight is 295 g/mol. The first-order valence-corrected chi connectivity index (χ1v) is 8.64. The van der Waals surface area contributed by atoms with Crippen LogP contribution in [0.25, 0.3) is 0 Å². The molecule has 4 nitrogen and oxygen atoms in total. The van der Waals surface area contributed by atoms with Crippen molar-refractivity contribution in [2.24, 2.45) is 11.8 Å². The van der Waals surface area contributed by atoms with Gasteiger partial charge in [0.05, 0.1) is 11.5 Å². The number of benzene rings is 1. The first kappa shape index (κ1) is 14.0. The van der Waals surface area contributed by atoms with Crippen molar-refractivity contribution in [2.45, 2.75) is 24.7 Å². The van der Waals surface area contributed by atoms with Crippen molar-refractivity contribution in [1.82, 2.24) is 4.90 Å². The number of piperidine rings is 3. The van der Waals surface area contributed by atoms with Crippen LogP contribution in [0.5, 0.6) is 0 Å². The van der Waals surface area contributed by atoms with Crippen LogP contribution in [-0.2, 0) is 14.3 Å². The van der Waals surface area contributed by atoms with Crippen molar-refractivity contribution in [2.75, 3.05) is 26.2 Å². The summed E-state index contributed by atoms with van der Waals surface area (Å²) in [5.74, 6) is 0.992. The summed E-state index contributed by atoms with van der Waals surface area (Å²) in [6.07, 6.45) is 2.36. The van der Waals surface area contributed by atoms with Crippen LogP contribution >= 0.6 is 0 Å². The van der Waals surface area contributed by atoms with E-state index in [-0.39, 0.29) is 4.90 Å². The van der Waals surface area contributed by atoms with E-state index in [1.165, 1.54) is 12.8 Å². The van der Waals surface area contributed by atoms with Gasteiger partial charge in [0.25, 0.3) is 10.1 Å². The first-order chi connectivity index (χ1) is 9.54. The van der Waals surface area contributed by atoms with E-state index in [0.29, 0.717) is 18.4 Å². The molecule has 5 heteroatoms. The lowest BCUT2D eigenvalue weighted by Gasteiger charge is -2.44.